The average Bonchev–Trinajstić information content (AvgIpc) is 3.20. The Hall–Kier alpha value is -2.05. The molecular weight excluding hydrogens is 326 g/mol. The largest absolute Gasteiger partial charge is 0.337 e. The van der Waals surface area contributed by atoms with Gasteiger partial charge in [0.2, 0.25) is 0 Å². The van der Waals surface area contributed by atoms with Crippen molar-refractivity contribution >= 4 is 23.4 Å². The molecule has 24 heavy (non-hydrogen) atoms. The number of carbonyl (C=O) groups is 1. The van der Waals surface area contributed by atoms with Crippen molar-refractivity contribution in [2.24, 2.45) is 0 Å². The first kappa shape index (κ1) is 16.8. The lowest BCUT2D eigenvalue weighted by Gasteiger charge is -2.15. The molecule has 128 valence electrons. The first-order valence-electron chi connectivity index (χ1n) is 8.24. The summed E-state index contributed by atoms with van der Waals surface area (Å²) in [6, 6.07) is 9.18. The predicted molar refractivity (Wildman–Crippen MR) is 95.5 cm³/mol. The molecule has 0 atom stereocenters. The Kier molecular flexibility index (Phi) is 5.72. The number of hydrogen-bond acceptors (Lipinski definition) is 3. The Morgan fingerprint density at radius 1 is 1.25 bits per heavy atom. The van der Waals surface area contributed by atoms with Crippen LogP contribution in [0.2, 0.25) is 5.02 Å². The van der Waals surface area contributed by atoms with Crippen LogP contribution in [0.3, 0.4) is 0 Å². The number of benzene rings is 1. The van der Waals surface area contributed by atoms with Gasteiger partial charge in [0.25, 0.3) is 0 Å². The average molecular weight is 348 g/mol. The number of anilines is 1. The van der Waals surface area contributed by atoms with Gasteiger partial charge >= 0.3 is 6.03 Å². The lowest BCUT2D eigenvalue weighted by Crippen LogP contribution is -2.36. The van der Waals surface area contributed by atoms with Crippen LogP contribution in [-0.2, 0) is 6.54 Å². The molecule has 0 aliphatic carbocycles. The highest BCUT2D eigenvalue weighted by Gasteiger charge is 2.12. The summed E-state index contributed by atoms with van der Waals surface area (Å²) in [7, 11) is 0. The maximum Gasteiger partial charge on any atom is 0.320 e. The minimum atomic E-state index is -0.206. The standard InChI is InChI=1S/C17H22ClN5O/c18-15-5-3-4-14(12-15)13-23-16(6-7-20-23)21-17(24)19-8-11-22-9-1-2-10-22/h3-7,12H,1-2,8-11,13H2,(H2,19,21,24). The number of hydrogen-bond donors (Lipinski definition) is 2. The van der Waals surface area contributed by atoms with Gasteiger partial charge in [-0.3, -0.25) is 5.32 Å². The molecule has 0 unspecified atom stereocenters. The highest BCUT2D eigenvalue weighted by Crippen LogP contribution is 2.14. The molecule has 2 heterocycles. The van der Waals surface area contributed by atoms with E-state index in [2.05, 4.69) is 20.6 Å². The third kappa shape index (κ3) is 4.72. The summed E-state index contributed by atoms with van der Waals surface area (Å²) in [5.74, 6) is 0.661. The fourth-order valence-corrected chi connectivity index (χ4v) is 3.08. The second-order valence-corrected chi connectivity index (χ2v) is 6.37. The number of halogens is 1. The van der Waals surface area contributed by atoms with Crippen LogP contribution in [0, 0.1) is 0 Å². The van der Waals surface area contributed by atoms with Crippen LogP contribution in [0.5, 0.6) is 0 Å². The van der Waals surface area contributed by atoms with E-state index in [1.54, 1.807) is 16.9 Å². The van der Waals surface area contributed by atoms with Crippen molar-refractivity contribution < 1.29 is 4.79 Å². The summed E-state index contributed by atoms with van der Waals surface area (Å²) < 4.78 is 1.74. The van der Waals surface area contributed by atoms with Gasteiger partial charge in [0.15, 0.2) is 0 Å². The van der Waals surface area contributed by atoms with Crippen molar-refractivity contribution in [2.75, 3.05) is 31.5 Å². The van der Waals surface area contributed by atoms with Crippen LogP contribution in [0.1, 0.15) is 18.4 Å². The number of likely N-dealkylation sites (tertiary alicyclic amines) is 1. The lowest BCUT2D eigenvalue weighted by atomic mass is 10.2. The van der Waals surface area contributed by atoms with Crippen LogP contribution in [0.25, 0.3) is 0 Å². The molecule has 0 radical (unpaired) electrons. The van der Waals surface area contributed by atoms with E-state index >= 15 is 0 Å². The molecule has 0 bridgehead atoms. The van der Waals surface area contributed by atoms with Gasteiger partial charge in [0.05, 0.1) is 12.7 Å². The third-order valence-electron chi connectivity index (χ3n) is 4.09. The van der Waals surface area contributed by atoms with Crippen molar-refractivity contribution in [3.63, 3.8) is 0 Å². The zero-order valence-electron chi connectivity index (χ0n) is 13.5. The summed E-state index contributed by atoms with van der Waals surface area (Å²) in [5.41, 5.74) is 1.03. The topological polar surface area (TPSA) is 62.2 Å². The molecule has 2 aromatic rings. The van der Waals surface area contributed by atoms with Crippen molar-refractivity contribution in [3.8, 4) is 0 Å². The smallest absolute Gasteiger partial charge is 0.320 e. The Labute approximate surface area is 146 Å². The molecule has 7 heteroatoms. The molecule has 2 amide bonds. The van der Waals surface area contributed by atoms with Crippen LogP contribution in [-0.4, -0.2) is 46.9 Å². The first-order valence-corrected chi connectivity index (χ1v) is 8.62. The van der Waals surface area contributed by atoms with Crippen molar-refractivity contribution in [2.45, 2.75) is 19.4 Å². The summed E-state index contributed by atoms with van der Waals surface area (Å²) in [6.07, 6.45) is 4.19. The predicted octanol–water partition coefficient (Wildman–Crippen LogP) is 2.80. The van der Waals surface area contributed by atoms with Gasteiger partial charge in [-0.25, -0.2) is 9.48 Å². The highest BCUT2D eigenvalue weighted by atomic mass is 35.5. The van der Waals surface area contributed by atoms with E-state index in [1.807, 2.05) is 24.3 Å². The van der Waals surface area contributed by atoms with E-state index < -0.39 is 0 Å². The molecule has 1 saturated heterocycles. The fraction of sp³-hybridized carbons (Fsp3) is 0.412. The molecule has 0 spiro atoms. The first-order chi connectivity index (χ1) is 11.7. The van der Waals surface area contributed by atoms with E-state index in [0.717, 1.165) is 25.2 Å². The van der Waals surface area contributed by atoms with E-state index in [-0.39, 0.29) is 6.03 Å². The van der Waals surface area contributed by atoms with Gasteiger partial charge in [-0.1, -0.05) is 23.7 Å². The number of nitrogens with zero attached hydrogens (tertiary/aromatic N) is 3. The molecule has 0 saturated carbocycles. The van der Waals surface area contributed by atoms with Crippen molar-refractivity contribution in [3.05, 3.63) is 47.1 Å². The molecule has 3 rings (SSSR count). The summed E-state index contributed by atoms with van der Waals surface area (Å²) in [5, 5.41) is 10.7. The van der Waals surface area contributed by atoms with Crippen molar-refractivity contribution in [1.29, 1.82) is 0 Å². The SMILES string of the molecule is O=C(NCCN1CCCC1)Nc1ccnn1Cc1cccc(Cl)c1. The zero-order valence-corrected chi connectivity index (χ0v) is 14.3. The van der Waals surface area contributed by atoms with Gasteiger partial charge in [-0.15, -0.1) is 0 Å². The summed E-state index contributed by atoms with van der Waals surface area (Å²) >= 11 is 6.01. The minimum Gasteiger partial charge on any atom is -0.337 e. The molecular formula is C17H22ClN5O. The van der Waals surface area contributed by atoms with Gasteiger partial charge in [0.1, 0.15) is 5.82 Å². The van der Waals surface area contributed by atoms with Crippen LogP contribution < -0.4 is 10.6 Å². The Bertz CT molecular complexity index is 681. The fourth-order valence-electron chi connectivity index (χ4n) is 2.87. The second-order valence-electron chi connectivity index (χ2n) is 5.93. The monoisotopic (exact) mass is 347 g/mol. The molecule has 1 aliphatic heterocycles. The van der Waals surface area contributed by atoms with E-state index in [4.69, 9.17) is 11.6 Å². The number of nitrogens with one attached hydrogen (secondary N) is 2. The summed E-state index contributed by atoms with van der Waals surface area (Å²) in [6.45, 7) is 4.37. The highest BCUT2D eigenvalue weighted by molar-refractivity contribution is 6.30. The Morgan fingerprint density at radius 3 is 2.88 bits per heavy atom. The van der Waals surface area contributed by atoms with E-state index in [0.29, 0.717) is 23.9 Å². The van der Waals surface area contributed by atoms with Gasteiger partial charge < -0.3 is 10.2 Å². The van der Waals surface area contributed by atoms with E-state index in [1.165, 1.54) is 12.8 Å². The molecule has 6 nitrogen and oxygen atoms in total. The van der Waals surface area contributed by atoms with Crippen LogP contribution in [0.4, 0.5) is 10.6 Å². The zero-order chi connectivity index (χ0) is 16.8. The Morgan fingerprint density at radius 2 is 2.08 bits per heavy atom. The van der Waals surface area contributed by atoms with E-state index in [9.17, 15) is 4.79 Å². The van der Waals surface area contributed by atoms with Crippen LogP contribution in [0.15, 0.2) is 36.5 Å². The quantitative estimate of drug-likeness (QED) is 0.844. The number of urea groups is 1. The van der Waals surface area contributed by atoms with Gasteiger partial charge in [-0.05, 0) is 43.6 Å². The summed E-state index contributed by atoms with van der Waals surface area (Å²) in [4.78, 5) is 14.4. The van der Waals surface area contributed by atoms with Gasteiger partial charge in [0, 0.05) is 24.2 Å². The van der Waals surface area contributed by atoms with Gasteiger partial charge in [-0.2, -0.15) is 5.10 Å². The van der Waals surface area contributed by atoms with Crippen LogP contribution >= 0.6 is 11.6 Å². The number of rotatable bonds is 6. The number of aromatic nitrogens is 2. The van der Waals surface area contributed by atoms with Crippen molar-refractivity contribution in [1.82, 2.24) is 20.0 Å². The number of amides is 2. The maximum atomic E-state index is 12.0. The third-order valence-corrected chi connectivity index (χ3v) is 4.33. The second kappa shape index (κ2) is 8.17. The molecule has 1 aromatic carbocycles. The Balaban J connectivity index is 1.50. The molecule has 1 fully saturated rings. The normalized spacial score (nSPS) is 14.7. The maximum absolute atomic E-state index is 12.0. The number of carbonyl (C=O) groups excluding carboxylic acids is 1. The molecule has 2 N–H and O–H groups in total. The lowest BCUT2D eigenvalue weighted by molar-refractivity contribution is 0.249. The molecule has 1 aromatic heterocycles. The minimum absolute atomic E-state index is 0.206. The molecule has 1 aliphatic rings.